The second-order valence-corrected chi connectivity index (χ2v) is 5.99. The van der Waals surface area contributed by atoms with Crippen LogP contribution in [0, 0.1) is 11.2 Å². The molecule has 6 nitrogen and oxygen atoms in total. The van der Waals surface area contributed by atoms with Crippen molar-refractivity contribution >= 4 is 18.3 Å². The molecule has 0 spiro atoms. The van der Waals surface area contributed by atoms with E-state index in [0.717, 1.165) is 6.42 Å². The summed E-state index contributed by atoms with van der Waals surface area (Å²) in [6.07, 6.45) is 2.32. The molecule has 1 saturated heterocycles. The van der Waals surface area contributed by atoms with Crippen molar-refractivity contribution in [1.82, 2.24) is 19.9 Å². The van der Waals surface area contributed by atoms with E-state index >= 15 is 0 Å². The number of likely N-dealkylation sites (tertiary alicyclic amines) is 1. The zero-order chi connectivity index (χ0) is 15.7. The van der Waals surface area contributed by atoms with Crippen LogP contribution in [0.3, 0.4) is 0 Å². The van der Waals surface area contributed by atoms with Gasteiger partial charge in [0.05, 0.1) is 11.9 Å². The van der Waals surface area contributed by atoms with E-state index in [-0.39, 0.29) is 35.2 Å². The van der Waals surface area contributed by atoms with Gasteiger partial charge in [-0.3, -0.25) is 4.79 Å². The molecule has 1 fully saturated rings. The van der Waals surface area contributed by atoms with Crippen LogP contribution in [0.4, 0.5) is 4.39 Å². The lowest BCUT2D eigenvalue weighted by Gasteiger charge is -2.21. The maximum Gasteiger partial charge on any atom is 0.276 e. The van der Waals surface area contributed by atoms with E-state index in [4.69, 9.17) is 5.73 Å². The number of hydrogen-bond donors (Lipinski definition) is 1. The Kier molecular flexibility index (Phi) is 5.01. The molecule has 23 heavy (non-hydrogen) atoms. The highest BCUT2D eigenvalue weighted by Gasteiger charge is 2.35. The summed E-state index contributed by atoms with van der Waals surface area (Å²) in [5.74, 6) is -0.476. The summed E-state index contributed by atoms with van der Waals surface area (Å²) in [5, 5.41) is 8.26. The molecule has 2 aromatic rings. The van der Waals surface area contributed by atoms with Gasteiger partial charge in [0.1, 0.15) is 5.82 Å². The summed E-state index contributed by atoms with van der Waals surface area (Å²) in [4.78, 5) is 15.5. The van der Waals surface area contributed by atoms with Crippen LogP contribution in [0.25, 0.3) is 5.69 Å². The summed E-state index contributed by atoms with van der Waals surface area (Å²) < 4.78 is 12.9. The molecule has 8 heteroatoms. The van der Waals surface area contributed by atoms with Crippen LogP contribution in [-0.4, -0.2) is 45.4 Å². The van der Waals surface area contributed by atoms with E-state index in [1.54, 1.807) is 17.0 Å². The van der Waals surface area contributed by atoms with Gasteiger partial charge < -0.3 is 10.6 Å². The van der Waals surface area contributed by atoms with Gasteiger partial charge in [0.25, 0.3) is 5.91 Å². The largest absolute Gasteiger partial charge is 0.337 e. The summed E-state index contributed by atoms with van der Waals surface area (Å²) in [6.45, 7) is 3.94. The van der Waals surface area contributed by atoms with Crippen molar-refractivity contribution in [2.24, 2.45) is 11.1 Å². The number of aromatic nitrogens is 3. The second kappa shape index (κ2) is 6.64. The summed E-state index contributed by atoms with van der Waals surface area (Å²) in [7, 11) is 0. The Morgan fingerprint density at radius 1 is 1.39 bits per heavy atom. The Labute approximate surface area is 139 Å². The minimum absolute atomic E-state index is 0. The highest BCUT2D eigenvalue weighted by atomic mass is 35.5. The summed E-state index contributed by atoms with van der Waals surface area (Å²) in [5.41, 5.74) is 6.62. The Morgan fingerprint density at radius 2 is 2.09 bits per heavy atom. The van der Waals surface area contributed by atoms with Crippen molar-refractivity contribution in [3.05, 3.63) is 42.0 Å². The van der Waals surface area contributed by atoms with Gasteiger partial charge >= 0.3 is 0 Å². The van der Waals surface area contributed by atoms with Crippen LogP contribution >= 0.6 is 12.4 Å². The van der Waals surface area contributed by atoms with Crippen LogP contribution < -0.4 is 5.73 Å². The number of carbonyl (C=O) groups excluding carboxylic acids is 1. The second-order valence-electron chi connectivity index (χ2n) is 5.99. The van der Waals surface area contributed by atoms with E-state index in [2.05, 4.69) is 17.1 Å². The van der Waals surface area contributed by atoms with Crippen LogP contribution in [0.1, 0.15) is 23.8 Å². The van der Waals surface area contributed by atoms with Crippen LogP contribution in [0.2, 0.25) is 0 Å². The number of halogens is 2. The standard InChI is InChI=1S/C15H18FN5O.ClH/c1-15(9-17)6-7-20(10-15)14(22)13-8-18-21(19-13)12-4-2-11(16)3-5-12;/h2-5,8H,6-7,9-10,17H2,1H3;1H. The highest BCUT2D eigenvalue weighted by Crippen LogP contribution is 2.29. The predicted octanol–water partition coefficient (Wildman–Crippen LogP) is 1.64. The molecule has 0 saturated carbocycles. The summed E-state index contributed by atoms with van der Waals surface area (Å²) >= 11 is 0. The molecule has 1 aromatic carbocycles. The van der Waals surface area contributed by atoms with E-state index in [1.807, 2.05) is 0 Å². The molecule has 2 heterocycles. The van der Waals surface area contributed by atoms with Crippen LogP contribution in [-0.2, 0) is 0 Å². The van der Waals surface area contributed by atoms with E-state index in [0.29, 0.717) is 25.3 Å². The average Bonchev–Trinajstić information content (AvgIpc) is 3.15. The molecule has 124 valence electrons. The average molecular weight is 340 g/mol. The SMILES string of the molecule is CC1(CN)CCN(C(=O)c2cnn(-c3ccc(F)cc3)n2)C1.Cl. The molecule has 3 rings (SSSR count). The third-order valence-electron chi connectivity index (χ3n) is 4.11. The lowest BCUT2D eigenvalue weighted by Crippen LogP contribution is -2.34. The fourth-order valence-corrected chi connectivity index (χ4v) is 2.59. The van der Waals surface area contributed by atoms with Crippen molar-refractivity contribution in [2.45, 2.75) is 13.3 Å². The van der Waals surface area contributed by atoms with E-state index < -0.39 is 0 Å². The highest BCUT2D eigenvalue weighted by molar-refractivity contribution is 5.92. The van der Waals surface area contributed by atoms with Crippen molar-refractivity contribution in [1.29, 1.82) is 0 Å². The molecular formula is C15H19ClFN5O. The first-order valence-electron chi connectivity index (χ1n) is 7.18. The number of hydrogen-bond acceptors (Lipinski definition) is 4. The zero-order valence-electron chi connectivity index (χ0n) is 12.8. The maximum absolute atomic E-state index is 12.9. The van der Waals surface area contributed by atoms with Gasteiger partial charge in [0.2, 0.25) is 0 Å². The first-order valence-corrected chi connectivity index (χ1v) is 7.18. The number of rotatable bonds is 3. The van der Waals surface area contributed by atoms with Gasteiger partial charge in [0, 0.05) is 13.1 Å². The quantitative estimate of drug-likeness (QED) is 0.922. The Morgan fingerprint density at radius 3 is 2.70 bits per heavy atom. The topological polar surface area (TPSA) is 77.0 Å². The number of nitrogens with zero attached hydrogens (tertiary/aromatic N) is 4. The Bertz CT molecular complexity index is 689. The lowest BCUT2D eigenvalue weighted by molar-refractivity contribution is 0.0770. The number of benzene rings is 1. The zero-order valence-corrected chi connectivity index (χ0v) is 13.6. The van der Waals surface area contributed by atoms with Gasteiger partial charge in [-0.15, -0.1) is 17.5 Å². The predicted molar refractivity (Wildman–Crippen MR) is 86.2 cm³/mol. The normalized spacial score (nSPS) is 20.4. The Balaban J connectivity index is 0.00000192. The lowest BCUT2D eigenvalue weighted by atomic mass is 9.90. The van der Waals surface area contributed by atoms with Crippen molar-refractivity contribution in [2.75, 3.05) is 19.6 Å². The maximum atomic E-state index is 12.9. The molecule has 1 aliphatic rings. The van der Waals surface area contributed by atoms with Crippen molar-refractivity contribution < 1.29 is 9.18 Å². The smallest absolute Gasteiger partial charge is 0.276 e. The molecule has 2 N–H and O–H groups in total. The van der Waals surface area contributed by atoms with Gasteiger partial charge in [-0.2, -0.15) is 9.90 Å². The van der Waals surface area contributed by atoms with Gasteiger partial charge in [-0.1, -0.05) is 6.92 Å². The van der Waals surface area contributed by atoms with E-state index in [1.165, 1.54) is 23.1 Å². The fraction of sp³-hybridized carbons (Fsp3) is 0.400. The molecule has 0 bridgehead atoms. The third-order valence-corrected chi connectivity index (χ3v) is 4.11. The number of nitrogens with two attached hydrogens (primary N) is 1. The van der Waals surface area contributed by atoms with Gasteiger partial charge in [0.15, 0.2) is 5.69 Å². The molecule has 1 aromatic heterocycles. The minimum Gasteiger partial charge on any atom is -0.337 e. The number of amides is 1. The minimum atomic E-state index is -0.328. The monoisotopic (exact) mass is 339 g/mol. The first-order chi connectivity index (χ1) is 10.5. The molecule has 0 radical (unpaired) electrons. The molecule has 1 aliphatic heterocycles. The fourth-order valence-electron chi connectivity index (χ4n) is 2.59. The van der Waals surface area contributed by atoms with Gasteiger partial charge in [-0.05, 0) is 42.6 Å². The van der Waals surface area contributed by atoms with Crippen molar-refractivity contribution in [3.63, 3.8) is 0 Å². The van der Waals surface area contributed by atoms with Crippen LogP contribution in [0.15, 0.2) is 30.5 Å². The van der Waals surface area contributed by atoms with Crippen molar-refractivity contribution in [3.8, 4) is 5.69 Å². The molecular weight excluding hydrogens is 321 g/mol. The molecule has 1 atom stereocenters. The van der Waals surface area contributed by atoms with Gasteiger partial charge in [-0.25, -0.2) is 4.39 Å². The molecule has 0 aliphatic carbocycles. The number of carbonyl (C=O) groups is 1. The first kappa shape index (κ1) is 17.4. The third kappa shape index (κ3) is 3.51. The van der Waals surface area contributed by atoms with E-state index in [9.17, 15) is 9.18 Å². The molecule has 1 amide bonds. The molecule has 1 unspecified atom stereocenters. The summed E-state index contributed by atoms with van der Waals surface area (Å²) in [6, 6.07) is 5.77. The Hall–Kier alpha value is -1.99. The van der Waals surface area contributed by atoms with Crippen LogP contribution in [0.5, 0.6) is 0 Å².